The van der Waals surface area contributed by atoms with Crippen molar-refractivity contribution < 1.29 is 9.53 Å². The first kappa shape index (κ1) is 20.6. The minimum atomic E-state index is -0.196. The molecule has 0 saturated heterocycles. The Bertz CT molecular complexity index is 1250. The first-order valence-corrected chi connectivity index (χ1v) is 11.4. The molecule has 5 rings (SSSR count). The van der Waals surface area contributed by atoms with Crippen LogP contribution in [0.3, 0.4) is 0 Å². The van der Waals surface area contributed by atoms with Crippen molar-refractivity contribution in [3.63, 3.8) is 0 Å². The normalized spacial score (nSPS) is 14.2. The molecule has 0 saturated carbocycles. The minimum absolute atomic E-state index is 0.0988. The van der Waals surface area contributed by atoms with Gasteiger partial charge in [0.15, 0.2) is 10.9 Å². The third kappa shape index (κ3) is 3.97. The Morgan fingerprint density at radius 2 is 2.06 bits per heavy atom. The van der Waals surface area contributed by atoms with Crippen molar-refractivity contribution in [2.45, 2.75) is 26.0 Å². The van der Waals surface area contributed by atoms with Crippen LogP contribution in [0.5, 0.6) is 0 Å². The van der Waals surface area contributed by atoms with Gasteiger partial charge in [-0.25, -0.2) is 9.67 Å². The quantitative estimate of drug-likeness (QED) is 0.399. The zero-order chi connectivity index (χ0) is 22.1. The zero-order valence-electron chi connectivity index (χ0n) is 18.1. The van der Waals surface area contributed by atoms with Crippen LogP contribution in [0.1, 0.15) is 45.0 Å². The molecule has 32 heavy (non-hydrogen) atoms. The van der Waals surface area contributed by atoms with Crippen LogP contribution in [0.25, 0.3) is 5.69 Å². The summed E-state index contributed by atoms with van der Waals surface area (Å²) in [6, 6.07) is 16.2. The second-order valence-corrected chi connectivity index (χ2v) is 8.96. The smallest absolute Gasteiger partial charge is 0.185 e. The molecule has 0 bridgehead atoms. The van der Waals surface area contributed by atoms with Gasteiger partial charge < -0.3 is 9.64 Å². The van der Waals surface area contributed by atoms with Gasteiger partial charge in [-0.15, -0.1) is 0 Å². The van der Waals surface area contributed by atoms with E-state index in [2.05, 4.69) is 28.2 Å². The molecule has 6 nitrogen and oxygen atoms in total. The van der Waals surface area contributed by atoms with Crippen molar-refractivity contribution in [3.05, 3.63) is 94.3 Å². The number of hydrogen-bond acceptors (Lipinski definition) is 6. The molecule has 0 amide bonds. The molecule has 0 fully saturated rings. The Morgan fingerprint density at radius 1 is 1.16 bits per heavy atom. The predicted molar refractivity (Wildman–Crippen MR) is 126 cm³/mol. The van der Waals surface area contributed by atoms with Crippen LogP contribution in [0.15, 0.2) is 67.1 Å². The number of benzene rings is 2. The van der Waals surface area contributed by atoms with Gasteiger partial charge in [-0.2, -0.15) is 5.10 Å². The summed E-state index contributed by atoms with van der Waals surface area (Å²) in [5, 5.41) is 5.30. The van der Waals surface area contributed by atoms with Gasteiger partial charge in [-0.05, 0) is 54.3 Å². The molecule has 0 N–H and O–H groups in total. The number of anilines is 1. The topological polar surface area (TPSA) is 60.2 Å². The summed E-state index contributed by atoms with van der Waals surface area (Å²) < 4.78 is 7.72. The maximum Gasteiger partial charge on any atom is 0.185 e. The molecular weight excluding hydrogens is 420 g/mol. The van der Waals surface area contributed by atoms with Gasteiger partial charge in [0.05, 0.1) is 10.6 Å². The van der Waals surface area contributed by atoms with Gasteiger partial charge in [-0.3, -0.25) is 4.79 Å². The highest BCUT2D eigenvalue weighted by Gasteiger charge is 2.23. The molecule has 0 aliphatic carbocycles. The number of fused-ring (bicyclic) bond motifs is 1. The number of hydrogen-bond donors (Lipinski definition) is 0. The van der Waals surface area contributed by atoms with Crippen LogP contribution in [-0.4, -0.2) is 34.2 Å². The van der Waals surface area contributed by atoms with Gasteiger partial charge in [-0.1, -0.05) is 35.6 Å². The van der Waals surface area contributed by atoms with Gasteiger partial charge in [0.2, 0.25) is 0 Å². The lowest BCUT2D eigenvalue weighted by atomic mass is 9.96. The number of carbonyl (C=O) groups excluding carboxylic acids is 1. The van der Waals surface area contributed by atoms with E-state index in [4.69, 9.17) is 9.72 Å². The summed E-state index contributed by atoms with van der Waals surface area (Å²) in [5.74, 6) is 0.0988. The van der Waals surface area contributed by atoms with Crippen molar-refractivity contribution >= 4 is 22.3 Å². The number of methoxy groups -OCH3 is 1. The third-order valence-corrected chi connectivity index (χ3v) is 6.94. The van der Waals surface area contributed by atoms with Gasteiger partial charge in [0.25, 0.3) is 0 Å². The monoisotopic (exact) mass is 444 g/mol. The van der Waals surface area contributed by atoms with Gasteiger partial charge >= 0.3 is 0 Å². The minimum Gasteiger partial charge on any atom is -0.371 e. The fourth-order valence-corrected chi connectivity index (χ4v) is 5.20. The van der Waals surface area contributed by atoms with Gasteiger partial charge in [0, 0.05) is 44.4 Å². The molecule has 1 aliphatic rings. The Labute approximate surface area is 191 Å². The standard InChI is InChI=1S/C25H24N4O2S/c1-17(30)19-8-7-18-9-12-28(16-21(18)13-19)25-26-15-23(32-25)24(31-2)20-5-3-6-22(14-20)29-11-4-10-27-29/h3-8,10-11,13-15,24H,9,12,16H2,1-2H3. The van der Waals surface area contributed by atoms with E-state index >= 15 is 0 Å². The van der Waals surface area contributed by atoms with Crippen molar-refractivity contribution in [3.8, 4) is 5.69 Å². The second kappa shape index (κ2) is 8.68. The van der Waals surface area contributed by atoms with E-state index in [1.54, 1.807) is 31.6 Å². The van der Waals surface area contributed by atoms with Crippen LogP contribution in [0, 0.1) is 0 Å². The van der Waals surface area contributed by atoms with Crippen LogP contribution >= 0.6 is 11.3 Å². The van der Waals surface area contributed by atoms with Crippen LogP contribution in [0.4, 0.5) is 5.13 Å². The fraction of sp³-hybridized carbons (Fsp3) is 0.240. The zero-order valence-corrected chi connectivity index (χ0v) is 18.9. The molecule has 3 heterocycles. The fourth-order valence-electron chi connectivity index (χ4n) is 4.15. The number of aromatic nitrogens is 3. The summed E-state index contributed by atoms with van der Waals surface area (Å²) >= 11 is 1.66. The lowest BCUT2D eigenvalue weighted by Gasteiger charge is -2.28. The molecule has 4 aromatic rings. The number of ketones is 1. The molecule has 0 spiro atoms. The number of Topliss-reactive ketones (excluding diaryl/α,β-unsaturated/α-hetero) is 1. The summed E-state index contributed by atoms with van der Waals surface area (Å²) in [4.78, 5) is 19.8. The first-order chi connectivity index (χ1) is 15.6. The maximum absolute atomic E-state index is 11.8. The van der Waals surface area contributed by atoms with E-state index in [9.17, 15) is 4.79 Å². The second-order valence-electron chi connectivity index (χ2n) is 7.92. The molecule has 7 heteroatoms. The molecular formula is C25H24N4O2S. The van der Waals surface area contributed by atoms with Crippen molar-refractivity contribution in [1.29, 1.82) is 0 Å². The van der Waals surface area contributed by atoms with Crippen LogP contribution in [0.2, 0.25) is 0 Å². The van der Waals surface area contributed by atoms with Crippen LogP contribution in [-0.2, 0) is 17.7 Å². The highest BCUT2D eigenvalue weighted by molar-refractivity contribution is 7.15. The third-order valence-electron chi connectivity index (χ3n) is 5.84. The van der Waals surface area contributed by atoms with E-state index in [0.29, 0.717) is 0 Å². The average molecular weight is 445 g/mol. The highest BCUT2D eigenvalue weighted by atomic mass is 32.1. The van der Waals surface area contributed by atoms with E-state index in [-0.39, 0.29) is 11.9 Å². The Hall–Kier alpha value is -3.29. The summed E-state index contributed by atoms with van der Waals surface area (Å²) in [7, 11) is 1.73. The van der Waals surface area contributed by atoms with Crippen molar-refractivity contribution in [2.24, 2.45) is 0 Å². The number of nitrogens with zero attached hydrogens (tertiary/aromatic N) is 4. The Morgan fingerprint density at radius 3 is 2.84 bits per heavy atom. The average Bonchev–Trinajstić information content (AvgIpc) is 3.52. The summed E-state index contributed by atoms with van der Waals surface area (Å²) in [6.07, 6.45) is 6.36. The van der Waals surface area contributed by atoms with Crippen molar-refractivity contribution in [1.82, 2.24) is 14.8 Å². The van der Waals surface area contributed by atoms with E-state index in [1.165, 1.54) is 11.1 Å². The first-order valence-electron chi connectivity index (χ1n) is 10.6. The predicted octanol–water partition coefficient (Wildman–Crippen LogP) is 4.83. The number of carbonyl (C=O) groups is 1. The molecule has 1 atom stereocenters. The van der Waals surface area contributed by atoms with Gasteiger partial charge in [0.1, 0.15) is 6.10 Å². The summed E-state index contributed by atoms with van der Waals surface area (Å²) in [5.41, 5.74) is 5.34. The molecule has 0 radical (unpaired) electrons. The largest absolute Gasteiger partial charge is 0.371 e. The van der Waals surface area contributed by atoms with Crippen molar-refractivity contribution in [2.75, 3.05) is 18.6 Å². The molecule has 1 unspecified atom stereocenters. The van der Waals surface area contributed by atoms with Crippen LogP contribution < -0.4 is 4.90 Å². The Balaban J connectivity index is 1.39. The molecule has 2 aromatic carbocycles. The molecule has 2 aromatic heterocycles. The number of rotatable bonds is 6. The SMILES string of the molecule is COC(c1cccc(-n2cccn2)c1)c1cnc(N2CCc3ccc(C(C)=O)cc3C2)s1. The lowest BCUT2D eigenvalue weighted by molar-refractivity contribution is 0.101. The number of ether oxygens (including phenoxy) is 1. The van der Waals surface area contributed by atoms with E-state index in [0.717, 1.165) is 46.3 Å². The summed E-state index contributed by atoms with van der Waals surface area (Å²) in [6.45, 7) is 3.28. The lowest BCUT2D eigenvalue weighted by Crippen LogP contribution is -2.30. The number of thiazole rings is 1. The highest BCUT2D eigenvalue weighted by Crippen LogP contribution is 2.35. The van der Waals surface area contributed by atoms with E-state index in [1.807, 2.05) is 47.4 Å². The Kier molecular flexibility index (Phi) is 5.59. The molecule has 1 aliphatic heterocycles. The maximum atomic E-state index is 11.8. The van der Waals surface area contributed by atoms with E-state index < -0.39 is 0 Å². The molecule has 162 valence electrons.